The Morgan fingerprint density at radius 3 is 2.21 bits per heavy atom. The second-order valence-corrected chi connectivity index (χ2v) is 5.63. The third-order valence-electron chi connectivity index (χ3n) is 4.20. The number of carbonyl (C=O) groups excluding carboxylic acids is 1. The SMILES string of the molecule is Cl.NCc1ccc(C(=O)N2CCN(c3ccccc3F)CC2)cc1. The largest absolute Gasteiger partial charge is 0.366 e. The third-order valence-corrected chi connectivity index (χ3v) is 4.20. The molecule has 0 unspecified atom stereocenters. The Balaban J connectivity index is 0.00000208. The topological polar surface area (TPSA) is 49.6 Å². The van der Waals surface area contributed by atoms with Crippen molar-refractivity contribution < 1.29 is 9.18 Å². The van der Waals surface area contributed by atoms with Crippen LogP contribution < -0.4 is 10.6 Å². The van der Waals surface area contributed by atoms with Crippen LogP contribution in [0, 0.1) is 5.82 Å². The van der Waals surface area contributed by atoms with E-state index in [4.69, 9.17) is 5.73 Å². The molecule has 0 aliphatic carbocycles. The lowest BCUT2D eigenvalue weighted by atomic mass is 10.1. The van der Waals surface area contributed by atoms with E-state index in [-0.39, 0.29) is 24.1 Å². The molecule has 0 radical (unpaired) electrons. The second-order valence-electron chi connectivity index (χ2n) is 5.63. The van der Waals surface area contributed by atoms with E-state index in [1.54, 1.807) is 12.1 Å². The van der Waals surface area contributed by atoms with Crippen molar-refractivity contribution in [2.24, 2.45) is 5.73 Å². The summed E-state index contributed by atoms with van der Waals surface area (Å²) in [5, 5.41) is 0. The van der Waals surface area contributed by atoms with Crippen LogP contribution in [0.15, 0.2) is 48.5 Å². The number of rotatable bonds is 3. The fraction of sp³-hybridized carbons (Fsp3) is 0.278. The van der Waals surface area contributed by atoms with Crippen molar-refractivity contribution in [1.82, 2.24) is 4.90 Å². The molecule has 6 heteroatoms. The summed E-state index contributed by atoms with van der Waals surface area (Å²) in [4.78, 5) is 16.3. The zero-order valence-corrected chi connectivity index (χ0v) is 14.1. The zero-order valence-electron chi connectivity index (χ0n) is 13.3. The average Bonchev–Trinajstić information content (AvgIpc) is 2.62. The Morgan fingerprint density at radius 2 is 1.62 bits per heavy atom. The minimum absolute atomic E-state index is 0. The van der Waals surface area contributed by atoms with Crippen molar-refractivity contribution in [1.29, 1.82) is 0 Å². The molecule has 3 rings (SSSR count). The molecule has 1 aliphatic heterocycles. The molecule has 0 saturated carbocycles. The van der Waals surface area contributed by atoms with Gasteiger partial charge in [-0.25, -0.2) is 4.39 Å². The first kappa shape index (κ1) is 18.2. The van der Waals surface area contributed by atoms with Crippen LogP contribution in [0.5, 0.6) is 0 Å². The molecular weight excluding hydrogens is 329 g/mol. The van der Waals surface area contributed by atoms with Gasteiger partial charge in [0.15, 0.2) is 0 Å². The van der Waals surface area contributed by atoms with Crippen molar-refractivity contribution in [2.45, 2.75) is 6.54 Å². The van der Waals surface area contributed by atoms with Gasteiger partial charge in [0.05, 0.1) is 5.69 Å². The van der Waals surface area contributed by atoms with Crippen molar-refractivity contribution in [3.8, 4) is 0 Å². The number of carbonyl (C=O) groups is 1. The van der Waals surface area contributed by atoms with E-state index in [9.17, 15) is 9.18 Å². The molecule has 1 aliphatic rings. The summed E-state index contributed by atoms with van der Waals surface area (Å²) in [6.07, 6.45) is 0. The first-order valence-corrected chi connectivity index (χ1v) is 7.77. The Labute approximate surface area is 147 Å². The highest BCUT2D eigenvalue weighted by Gasteiger charge is 2.23. The summed E-state index contributed by atoms with van der Waals surface area (Å²) < 4.78 is 13.8. The van der Waals surface area contributed by atoms with Gasteiger partial charge in [-0.05, 0) is 29.8 Å². The predicted molar refractivity (Wildman–Crippen MR) is 96.1 cm³/mol. The molecule has 0 atom stereocenters. The molecule has 4 nitrogen and oxygen atoms in total. The molecule has 1 saturated heterocycles. The molecule has 1 amide bonds. The van der Waals surface area contributed by atoms with Gasteiger partial charge in [0, 0.05) is 38.3 Å². The molecule has 2 N–H and O–H groups in total. The normalized spacial score (nSPS) is 14.2. The molecule has 0 bridgehead atoms. The van der Waals surface area contributed by atoms with E-state index in [0.29, 0.717) is 44.0 Å². The van der Waals surface area contributed by atoms with E-state index in [0.717, 1.165) is 5.56 Å². The first-order valence-electron chi connectivity index (χ1n) is 7.77. The van der Waals surface area contributed by atoms with Crippen LogP contribution in [0.1, 0.15) is 15.9 Å². The summed E-state index contributed by atoms with van der Waals surface area (Å²) in [6.45, 7) is 2.91. The van der Waals surface area contributed by atoms with Crippen molar-refractivity contribution in [3.05, 3.63) is 65.5 Å². The van der Waals surface area contributed by atoms with Gasteiger partial charge < -0.3 is 15.5 Å². The smallest absolute Gasteiger partial charge is 0.253 e. The van der Waals surface area contributed by atoms with Gasteiger partial charge in [-0.2, -0.15) is 0 Å². The average molecular weight is 350 g/mol. The number of para-hydroxylation sites is 1. The van der Waals surface area contributed by atoms with E-state index in [1.165, 1.54) is 6.07 Å². The van der Waals surface area contributed by atoms with E-state index < -0.39 is 0 Å². The third kappa shape index (κ3) is 3.86. The Hall–Kier alpha value is -2.11. The number of hydrogen-bond acceptors (Lipinski definition) is 3. The van der Waals surface area contributed by atoms with Crippen LogP contribution in [-0.4, -0.2) is 37.0 Å². The number of nitrogens with two attached hydrogens (primary N) is 1. The fourth-order valence-electron chi connectivity index (χ4n) is 2.82. The zero-order chi connectivity index (χ0) is 16.2. The van der Waals surface area contributed by atoms with Gasteiger partial charge in [0.1, 0.15) is 5.82 Å². The lowest BCUT2D eigenvalue weighted by molar-refractivity contribution is 0.0746. The Bertz CT molecular complexity index is 685. The summed E-state index contributed by atoms with van der Waals surface area (Å²) in [5.41, 5.74) is 7.85. The highest BCUT2D eigenvalue weighted by molar-refractivity contribution is 5.94. The molecule has 1 heterocycles. The Morgan fingerprint density at radius 1 is 1.00 bits per heavy atom. The van der Waals surface area contributed by atoms with Crippen molar-refractivity contribution in [2.75, 3.05) is 31.1 Å². The van der Waals surface area contributed by atoms with Gasteiger partial charge in [0.25, 0.3) is 5.91 Å². The second kappa shape index (κ2) is 8.13. The number of piperazine rings is 1. The maximum atomic E-state index is 13.8. The predicted octanol–water partition coefficient (Wildman–Crippen LogP) is 2.67. The van der Waals surface area contributed by atoms with Gasteiger partial charge in [-0.3, -0.25) is 4.79 Å². The van der Waals surface area contributed by atoms with Crippen molar-refractivity contribution in [3.63, 3.8) is 0 Å². The minimum atomic E-state index is -0.218. The van der Waals surface area contributed by atoms with Gasteiger partial charge in [0.2, 0.25) is 0 Å². The molecule has 24 heavy (non-hydrogen) atoms. The molecule has 128 valence electrons. The van der Waals surface area contributed by atoms with Crippen LogP contribution in [0.25, 0.3) is 0 Å². The summed E-state index contributed by atoms with van der Waals surface area (Å²) >= 11 is 0. The maximum absolute atomic E-state index is 13.8. The Kier molecular flexibility index (Phi) is 6.17. The molecule has 2 aromatic carbocycles. The van der Waals surface area contributed by atoms with Crippen LogP contribution in [-0.2, 0) is 6.54 Å². The van der Waals surface area contributed by atoms with E-state index in [1.807, 2.05) is 40.1 Å². The highest BCUT2D eigenvalue weighted by Crippen LogP contribution is 2.20. The highest BCUT2D eigenvalue weighted by atomic mass is 35.5. The van der Waals surface area contributed by atoms with Crippen molar-refractivity contribution >= 4 is 24.0 Å². The maximum Gasteiger partial charge on any atom is 0.253 e. The van der Waals surface area contributed by atoms with E-state index in [2.05, 4.69) is 0 Å². The quantitative estimate of drug-likeness (QED) is 0.926. The lowest BCUT2D eigenvalue weighted by Gasteiger charge is -2.36. The molecule has 2 aromatic rings. The summed E-state index contributed by atoms with van der Waals surface area (Å²) in [6, 6.07) is 14.1. The van der Waals surface area contributed by atoms with E-state index >= 15 is 0 Å². The minimum Gasteiger partial charge on any atom is -0.366 e. The lowest BCUT2D eigenvalue weighted by Crippen LogP contribution is -2.49. The van der Waals surface area contributed by atoms with Crippen LogP contribution in [0.2, 0.25) is 0 Å². The number of benzene rings is 2. The molecule has 1 fully saturated rings. The molecular formula is C18H21ClFN3O. The number of halogens is 2. The summed E-state index contributed by atoms with van der Waals surface area (Å²) in [5.74, 6) is -0.202. The van der Waals surface area contributed by atoms with Crippen LogP contribution >= 0.6 is 12.4 Å². The van der Waals surface area contributed by atoms with Crippen LogP contribution in [0.4, 0.5) is 10.1 Å². The van der Waals surface area contributed by atoms with Gasteiger partial charge in [-0.15, -0.1) is 12.4 Å². The monoisotopic (exact) mass is 349 g/mol. The van der Waals surface area contributed by atoms with Gasteiger partial charge in [-0.1, -0.05) is 24.3 Å². The molecule has 0 aromatic heterocycles. The van der Waals surface area contributed by atoms with Crippen LogP contribution in [0.3, 0.4) is 0 Å². The summed E-state index contributed by atoms with van der Waals surface area (Å²) in [7, 11) is 0. The number of amides is 1. The number of anilines is 1. The fourth-order valence-corrected chi connectivity index (χ4v) is 2.82. The number of hydrogen-bond donors (Lipinski definition) is 1. The first-order chi connectivity index (χ1) is 11.2. The van der Waals surface area contributed by atoms with Gasteiger partial charge >= 0.3 is 0 Å². The number of nitrogens with zero attached hydrogens (tertiary/aromatic N) is 2. The standard InChI is InChI=1S/C18H20FN3O.ClH/c19-16-3-1-2-4-17(16)21-9-11-22(12-10-21)18(23)15-7-5-14(13-20)6-8-15;/h1-8H,9-13,20H2;1H. The molecule has 0 spiro atoms.